The van der Waals surface area contributed by atoms with Crippen LogP contribution in [0.1, 0.15) is 27.9 Å². The summed E-state index contributed by atoms with van der Waals surface area (Å²) in [5, 5.41) is 16.0. The topological polar surface area (TPSA) is 105 Å². The lowest BCUT2D eigenvalue weighted by atomic mass is 10.2. The molecule has 0 aliphatic rings. The maximum atomic E-state index is 12.3. The number of hydrogen-bond acceptors (Lipinski definition) is 4. The van der Waals surface area contributed by atoms with Gasteiger partial charge in [0.15, 0.2) is 0 Å². The predicted molar refractivity (Wildman–Crippen MR) is 96.5 cm³/mol. The number of nitrogens with zero attached hydrogens (tertiary/aromatic N) is 3. The lowest BCUT2D eigenvalue weighted by Gasteiger charge is -2.09. The van der Waals surface area contributed by atoms with Gasteiger partial charge in [-0.2, -0.15) is 10.2 Å². The van der Waals surface area contributed by atoms with E-state index in [0.29, 0.717) is 33.8 Å². The van der Waals surface area contributed by atoms with E-state index in [2.05, 4.69) is 41.9 Å². The highest BCUT2D eigenvalue weighted by Gasteiger charge is 2.14. The molecule has 0 atom stereocenters. The zero-order valence-corrected chi connectivity index (χ0v) is 14.9. The van der Waals surface area contributed by atoms with Gasteiger partial charge in [-0.1, -0.05) is 6.07 Å². The summed E-state index contributed by atoms with van der Waals surface area (Å²) in [7, 11) is 0. The largest absolute Gasteiger partial charge is 0.321 e. The Balaban J connectivity index is 1.72. The molecule has 2 heterocycles. The molecule has 9 heteroatoms. The summed E-state index contributed by atoms with van der Waals surface area (Å²) in [6.45, 7) is 2.51. The first-order valence-electron chi connectivity index (χ1n) is 7.52. The van der Waals surface area contributed by atoms with Gasteiger partial charge in [-0.25, -0.2) is 0 Å². The molecule has 3 aromatic rings. The van der Waals surface area contributed by atoms with Crippen LogP contribution in [0.3, 0.4) is 0 Å². The minimum absolute atomic E-state index is 0.265. The van der Waals surface area contributed by atoms with Gasteiger partial charge >= 0.3 is 0 Å². The number of aromatic nitrogens is 4. The van der Waals surface area contributed by atoms with Crippen LogP contribution >= 0.6 is 15.9 Å². The van der Waals surface area contributed by atoms with Gasteiger partial charge in [0.2, 0.25) is 0 Å². The van der Waals surface area contributed by atoms with E-state index >= 15 is 0 Å². The second-order valence-electron chi connectivity index (χ2n) is 5.11. The van der Waals surface area contributed by atoms with Crippen molar-refractivity contribution in [2.75, 3.05) is 10.6 Å². The van der Waals surface area contributed by atoms with E-state index in [4.69, 9.17) is 0 Å². The highest BCUT2D eigenvalue weighted by atomic mass is 79.9. The van der Waals surface area contributed by atoms with E-state index in [1.165, 1.54) is 6.20 Å². The van der Waals surface area contributed by atoms with Crippen LogP contribution in [0.4, 0.5) is 11.4 Å². The molecule has 0 aliphatic carbocycles. The first-order chi connectivity index (χ1) is 12.1. The molecular weight excluding hydrogens is 388 g/mol. The fourth-order valence-electron chi connectivity index (χ4n) is 2.27. The van der Waals surface area contributed by atoms with Crippen molar-refractivity contribution >= 4 is 39.1 Å². The highest BCUT2D eigenvalue weighted by molar-refractivity contribution is 9.10. The number of nitrogens with one attached hydrogen (secondary N) is 3. The number of carbonyl (C=O) groups excluding carboxylic acids is 2. The van der Waals surface area contributed by atoms with Crippen molar-refractivity contribution in [1.29, 1.82) is 0 Å². The van der Waals surface area contributed by atoms with E-state index in [0.717, 1.165) is 0 Å². The summed E-state index contributed by atoms with van der Waals surface area (Å²) in [5.74, 6) is -0.601. The summed E-state index contributed by atoms with van der Waals surface area (Å²) in [5.41, 5.74) is 1.91. The molecule has 2 aromatic heterocycles. The number of aryl methyl sites for hydroxylation is 1. The molecule has 1 aromatic carbocycles. The third-order valence-corrected chi connectivity index (χ3v) is 4.05. The van der Waals surface area contributed by atoms with E-state index in [-0.39, 0.29) is 11.8 Å². The number of halogens is 1. The summed E-state index contributed by atoms with van der Waals surface area (Å²) < 4.78 is 2.18. The Morgan fingerprint density at radius 3 is 2.56 bits per heavy atom. The molecule has 0 fully saturated rings. The van der Waals surface area contributed by atoms with Crippen molar-refractivity contribution in [2.24, 2.45) is 0 Å². The minimum Gasteiger partial charge on any atom is -0.321 e. The lowest BCUT2D eigenvalue weighted by molar-refractivity contribution is 0.101. The number of anilines is 2. The average molecular weight is 403 g/mol. The first-order valence-corrected chi connectivity index (χ1v) is 8.31. The molecule has 3 N–H and O–H groups in total. The molecule has 0 aliphatic heterocycles. The lowest BCUT2D eigenvalue weighted by Crippen LogP contribution is -2.17. The average Bonchev–Trinajstić information content (AvgIpc) is 3.23. The van der Waals surface area contributed by atoms with Gasteiger partial charge in [-0.05, 0) is 47.1 Å². The number of aromatic amines is 1. The summed E-state index contributed by atoms with van der Waals surface area (Å²) in [4.78, 5) is 24.5. The zero-order valence-electron chi connectivity index (χ0n) is 13.3. The van der Waals surface area contributed by atoms with Crippen molar-refractivity contribution in [1.82, 2.24) is 20.0 Å². The second-order valence-corrected chi connectivity index (χ2v) is 5.97. The van der Waals surface area contributed by atoms with Crippen LogP contribution in [0.15, 0.2) is 47.2 Å². The van der Waals surface area contributed by atoms with Gasteiger partial charge in [-0.3, -0.25) is 19.4 Å². The molecule has 0 bridgehead atoms. The van der Waals surface area contributed by atoms with Crippen molar-refractivity contribution in [2.45, 2.75) is 13.5 Å². The highest BCUT2D eigenvalue weighted by Crippen LogP contribution is 2.19. The van der Waals surface area contributed by atoms with Crippen LogP contribution in [0, 0.1) is 0 Å². The SMILES string of the molecule is CCn1nccc1C(=O)Nc1cccc(NC(=O)c2[nH]ncc2Br)c1. The maximum absolute atomic E-state index is 12.3. The Hall–Kier alpha value is -2.94. The van der Waals surface area contributed by atoms with Crippen LogP contribution in [-0.4, -0.2) is 31.8 Å². The molecule has 0 saturated carbocycles. The number of rotatable bonds is 5. The number of benzene rings is 1. The number of hydrogen-bond donors (Lipinski definition) is 3. The van der Waals surface area contributed by atoms with Gasteiger partial charge < -0.3 is 10.6 Å². The Labute approximate surface area is 151 Å². The summed E-state index contributed by atoms with van der Waals surface area (Å²) >= 11 is 3.24. The van der Waals surface area contributed by atoms with Gasteiger partial charge in [0, 0.05) is 24.1 Å². The number of H-pyrrole nitrogens is 1. The smallest absolute Gasteiger partial charge is 0.274 e. The number of carbonyl (C=O) groups is 2. The molecule has 25 heavy (non-hydrogen) atoms. The van der Waals surface area contributed by atoms with Gasteiger partial charge in [0.1, 0.15) is 11.4 Å². The van der Waals surface area contributed by atoms with E-state index in [1.54, 1.807) is 41.2 Å². The monoisotopic (exact) mass is 402 g/mol. The van der Waals surface area contributed by atoms with Gasteiger partial charge in [-0.15, -0.1) is 0 Å². The van der Waals surface area contributed by atoms with Crippen molar-refractivity contribution in [3.8, 4) is 0 Å². The van der Waals surface area contributed by atoms with Gasteiger partial charge in [0.05, 0.1) is 10.7 Å². The van der Waals surface area contributed by atoms with Crippen LogP contribution in [0.2, 0.25) is 0 Å². The second kappa shape index (κ2) is 7.31. The number of amides is 2. The molecule has 2 amide bonds. The minimum atomic E-state index is -0.336. The normalized spacial score (nSPS) is 10.5. The fourth-order valence-corrected chi connectivity index (χ4v) is 2.64. The van der Waals surface area contributed by atoms with Crippen LogP contribution in [0.5, 0.6) is 0 Å². The maximum Gasteiger partial charge on any atom is 0.274 e. The van der Waals surface area contributed by atoms with E-state index < -0.39 is 0 Å². The van der Waals surface area contributed by atoms with Crippen LogP contribution in [-0.2, 0) is 6.54 Å². The molecule has 0 unspecified atom stereocenters. The van der Waals surface area contributed by atoms with Crippen molar-refractivity contribution in [3.05, 3.63) is 58.6 Å². The molecule has 3 rings (SSSR count). The quantitative estimate of drug-likeness (QED) is 0.609. The van der Waals surface area contributed by atoms with Crippen molar-refractivity contribution in [3.63, 3.8) is 0 Å². The standard InChI is InChI=1S/C16H15BrN6O2/c1-2-23-13(6-7-19-23)15(24)20-10-4-3-5-11(8-10)21-16(25)14-12(17)9-18-22-14/h3-9H,2H2,1H3,(H,18,22)(H,20,24)(H,21,25). The van der Waals surface area contributed by atoms with Crippen LogP contribution < -0.4 is 10.6 Å². The van der Waals surface area contributed by atoms with Gasteiger partial charge in [0.25, 0.3) is 11.8 Å². The molecular formula is C16H15BrN6O2. The summed E-state index contributed by atoms with van der Waals surface area (Å²) in [6, 6.07) is 8.54. The third kappa shape index (κ3) is 3.77. The first kappa shape index (κ1) is 16.9. The molecule has 0 radical (unpaired) electrons. The fraction of sp³-hybridized carbons (Fsp3) is 0.125. The third-order valence-electron chi connectivity index (χ3n) is 3.45. The zero-order chi connectivity index (χ0) is 17.8. The predicted octanol–water partition coefficient (Wildman–Crippen LogP) is 2.89. The molecule has 8 nitrogen and oxygen atoms in total. The Kier molecular flexibility index (Phi) is 4.94. The summed E-state index contributed by atoms with van der Waals surface area (Å²) in [6.07, 6.45) is 3.08. The Morgan fingerprint density at radius 2 is 1.92 bits per heavy atom. The Morgan fingerprint density at radius 1 is 1.20 bits per heavy atom. The van der Waals surface area contributed by atoms with Crippen molar-refractivity contribution < 1.29 is 9.59 Å². The van der Waals surface area contributed by atoms with E-state index in [9.17, 15) is 9.59 Å². The molecule has 0 spiro atoms. The Bertz CT molecular complexity index is 917. The molecule has 0 saturated heterocycles. The molecule has 128 valence electrons. The van der Waals surface area contributed by atoms with Crippen LogP contribution in [0.25, 0.3) is 0 Å². The van der Waals surface area contributed by atoms with E-state index in [1.807, 2.05) is 6.92 Å².